The minimum absolute atomic E-state index is 0.111. The van der Waals surface area contributed by atoms with E-state index in [4.69, 9.17) is 47.4 Å². The molecule has 0 rings (SSSR count). The number of carbonyl (C=O) groups is 1. The first-order valence-electron chi connectivity index (χ1n) is 12.3. The molecule has 0 amide bonds. The second-order valence-corrected chi connectivity index (χ2v) is 7.12. The van der Waals surface area contributed by atoms with Crippen molar-refractivity contribution < 1.29 is 56.6 Å². The van der Waals surface area contributed by atoms with E-state index in [0.29, 0.717) is 118 Å². The lowest BCUT2D eigenvalue weighted by molar-refractivity contribution is -0.140. The van der Waals surface area contributed by atoms with Gasteiger partial charge in [0.25, 0.3) is 0 Å². The molecule has 214 valence electrons. The van der Waals surface area contributed by atoms with Crippen LogP contribution in [0.15, 0.2) is 12.2 Å². The Morgan fingerprint density at radius 3 is 0.917 bits per heavy atom. The Bertz CT molecular complexity index is 483. The molecular formula is C24H45FO11. The van der Waals surface area contributed by atoms with Gasteiger partial charge in [0.15, 0.2) is 0 Å². The van der Waals surface area contributed by atoms with E-state index < -0.39 is 12.6 Å². The average molecular weight is 529 g/mol. The fraction of sp³-hybridized carbons (Fsp3) is 0.875. The van der Waals surface area contributed by atoms with Gasteiger partial charge in [0.05, 0.1) is 119 Å². The first kappa shape index (κ1) is 34.8. The van der Waals surface area contributed by atoms with Crippen molar-refractivity contribution in [3.05, 3.63) is 12.2 Å². The van der Waals surface area contributed by atoms with E-state index in [1.54, 1.807) is 6.92 Å². The van der Waals surface area contributed by atoms with Crippen LogP contribution in [0, 0.1) is 0 Å². The molecule has 0 heterocycles. The number of hydrogen-bond acceptors (Lipinski definition) is 11. The fourth-order valence-corrected chi connectivity index (χ4v) is 2.23. The third-order valence-electron chi connectivity index (χ3n) is 4.01. The zero-order valence-corrected chi connectivity index (χ0v) is 21.7. The van der Waals surface area contributed by atoms with Gasteiger partial charge in [0.1, 0.15) is 13.3 Å². The monoisotopic (exact) mass is 528 g/mol. The topological polar surface area (TPSA) is 109 Å². The Labute approximate surface area is 214 Å². The third kappa shape index (κ3) is 29.0. The van der Waals surface area contributed by atoms with Crippen LogP contribution in [0.25, 0.3) is 0 Å². The SMILES string of the molecule is C=C(C)C(=O)OCCOCCOCCOCCOCCOCCOCCOCCOCCOCCF. The van der Waals surface area contributed by atoms with Crippen LogP contribution in [-0.2, 0) is 52.2 Å². The zero-order chi connectivity index (χ0) is 26.4. The number of alkyl halides is 1. The van der Waals surface area contributed by atoms with Crippen molar-refractivity contribution in [2.45, 2.75) is 6.92 Å². The molecule has 36 heavy (non-hydrogen) atoms. The molecule has 0 atom stereocenters. The van der Waals surface area contributed by atoms with Gasteiger partial charge in [0, 0.05) is 5.57 Å². The van der Waals surface area contributed by atoms with E-state index in [9.17, 15) is 9.18 Å². The molecule has 0 aliphatic heterocycles. The molecule has 0 saturated carbocycles. The van der Waals surface area contributed by atoms with E-state index in [1.165, 1.54) is 0 Å². The minimum atomic E-state index is -0.477. The molecule has 0 spiro atoms. The minimum Gasteiger partial charge on any atom is -0.460 e. The standard InChI is InChI=1S/C24H45FO11/c1-23(2)24(26)36-22-21-35-20-19-34-18-17-33-16-15-32-14-13-31-12-11-30-10-9-29-8-7-28-6-5-27-4-3-25/h1,3-22H2,2H3. The van der Waals surface area contributed by atoms with Crippen LogP contribution in [0.4, 0.5) is 4.39 Å². The predicted octanol–water partition coefficient (Wildman–Crippen LogP) is 1.22. The van der Waals surface area contributed by atoms with Gasteiger partial charge in [-0.25, -0.2) is 9.18 Å². The van der Waals surface area contributed by atoms with E-state index in [-0.39, 0.29) is 13.2 Å². The van der Waals surface area contributed by atoms with Gasteiger partial charge in [-0.1, -0.05) is 6.58 Å². The van der Waals surface area contributed by atoms with Gasteiger partial charge in [-0.3, -0.25) is 0 Å². The molecule has 0 aliphatic rings. The Hall–Kier alpha value is -1.22. The normalized spacial score (nSPS) is 11.2. The summed E-state index contributed by atoms with van der Waals surface area (Å²) in [5, 5.41) is 0. The van der Waals surface area contributed by atoms with Crippen molar-refractivity contribution in [2.75, 3.05) is 132 Å². The predicted molar refractivity (Wildman–Crippen MR) is 129 cm³/mol. The first-order chi connectivity index (χ1) is 17.7. The molecule has 12 heteroatoms. The molecule has 0 unspecified atom stereocenters. The van der Waals surface area contributed by atoms with E-state index in [1.807, 2.05) is 0 Å². The summed E-state index contributed by atoms with van der Waals surface area (Å²) in [6, 6.07) is 0. The lowest BCUT2D eigenvalue weighted by Crippen LogP contribution is -2.15. The second-order valence-electron chi connectivity index (χ2n) is 7.12. The van der Waals surface area contributed by atoms with Gasteiger partial charge in [-0.2, -0.15) is 0 Å². The number of esters is 1. The van der Waals surface area contributed by atoms with Gasteiger partial charge < -0.3 is 47.4 Å². The van der Waals surface area contributed by atoms with Gasteiger partial charge >= 0.3 is 5.97 Å². The van der Waals surface area contributed by atoms with Crippen molar-refractivity contribution in [3.8, 4) is 0 Å². The average Bonchev–Trinajstić information content (AvgIpc) is 2.87. The molecule has 0 saturated heterocycles. The summed E-state index contributed by atoms with van der Waals surface area (Å²) in [6.45, 7) is 12.7. The highest BCUT2D eigenvalue weighted by Gasteiger charge is 2.01. The second kappa shape index (κ2) is 30.0. The fourth-order valence-electron chi connectivity index (χ4n) is 2.23. The first-order valence-corrected chi connectivity index (χ1v) is 12.3. The van der Waals surface area contributed by atoms with Crippen molar-refractivity contribution in [1.29, 1.82) is 0 Å². The highest BCUT2D eigenvalue weighted by atomic mass is 19.1. The van der Waals surface area contributed by atoms with Crippen LogP contribution in [-0.4, -0.2) is 138 Å². The molecule has 11 nitrogen and oxygen atoms in total. The molecule has 0 bridgehead atoms. The number of hydrogen-bond donors (Lipinski definition) is 0. The molecule has 0 fully saturated rings. The highest BCUT2D eigenvalue weighted by molar-refractivity contribution is 5.86. The summed E-state index contributed by atoms with van der Waals surface area (Å²) in [7, 11) is 0. The maximum absolute atomic E-state index is 11.8. The zero-order valence-electron chi connectivity index (χ0n) is 21.7. The lowest BCUT2D eigenvalue weighted by atomic mass is 10.4. The number of ether oxygens (including phenoxy) is 10. The third-order valence-corrected chi connectivity index (χ3v) is 4.01. The summed E-state index contributed by atoms with van der Waals surface area (Å²) >= 11 is 0. The maximum atomic E-state index is 11.8. The largest absolute Gasteiger partial charge is 0.460 e. The Balaban J connectivity index is 3.05. The van der Waals surface area contributed by atoms with Crippen LogP contribution in [0.5, 0.6) is 0 Å². The van der Waals surface area contributed by atoms with Gasteiger partial charge in [0.2, 0.25) is 0 Å². The van der Waals surface area contributed by atoms with E-state index in [0.717, 1.165) is 0 Å². The van der Waals surface area contributed by atoms with Crippen LogP contribution in [0.3, 0.4) is 0 Å². The molecule has 0 radical (unpaired) electrons. The molecule has 0 aliphatic carbocycles. The quantitative estimate of drug-likeness (QED) is 0.0763. The summed E-state index contributed by atoms with van der Waals surface area (Å²) in [5.74, 6) is -0.415. The van der Waals surface area contributed by atoms with Gasteiger partial charge in [-0.15, -0.1) is 0 Å². The molecule has 0 N–H and O–H groups in total. The Kier molecular flexibility index (Phi) is 29.0. The molecule has 0 aromatic rings. The van der Waals surface area contributed by atoms with Crippen molar-refractivity contribution in [3.63, 3.8) is 0 Å². The summed E-state index contributed by atoms with van der Waals surface area (Å²) in [6.07, 6.45) is 0. The molecular weight excluding hydrogens is 483 g/mol. The lowest BCUT2D eigenvalue weighted by Gasteiger charge is -2.09. The Morgan fingerprint density at radius 1 is 0.472 bits per heavy atom. The number of halogens is 1. The summed E-state index contributed by atoms with van der Waals surface area (Å²) in [4.78, 5) is 11.1. The van der Waals surface area contributed by atoms with Gasteiger partial charge in [-0.05, 0) is 6.92 Å². The highest BCUT2D eigenvalue weighted by Crippen LogP contribution is 1.92. The molecule has 0 aromatic heterocycles. The Morgan fingerprint density at radius 2 is 0.694 bits per heavy atom. The smallest absolute Gasteiger partial charge is 0.333 e. The van der Waals surface area contributed by atoms with Crippen LogP contribution >= 0.6 is 0 Å². The van der Waals surface area contributed by atoms with Crippen LogP contribution in [0.2, 0.25) is 0 Å². The molecule has 0 aromatic carbocycles. The van der Waals surface area contributed by atoms with E-state index in [2.05, 4.69) is 6.58 Å². The van der Waals surface area contributed by atoms with Crippen LogP contribution < -0.4 is 0 Å². The van der Waals surface area contributed by atoms with E-state index >= 15 is 0 Å². The van der Waals surface area contributed by atoms with Crippen molar-refractivity contribution in [1.82, 2.24) is 0 Å². The van der Waals surface area contributed by atoms with Crippen molar-refractivity contribution >= 4 is 5.97 Å². The van der Waals surface area contributed by atoms with Crippen molar-refractivity contribution in [2.24, 2.45) is 0 Å². The number of rotatable bonds is 30. The van der Waals surface area contributed by atoms with Crippen LogP contribution in [0.1, 0.15) is 6.92 Å². The number of carbonyl (C=O) groups excluding carboxylic acids is 1. The maximum Gasteiger partial charge on any atom is 0.333 e. The summed E-state index contributed by atoms with van der Waals surface area (Å²) in [5.41, 5.74) is 0.368. The summed E-state index contributed by atoms with van der Waals surface area (Å²) < 4.78 is 64.5.